The van der Waals surface area contributed by atoms with Crippen LogP contribution in [0.25, 0.3) is 0 Å². The molecule has 6 heteroatoms. The molecule has 280 valence electrons. The Morgan fingerprint density at radius 1 is 0.808 bits per heavy atom. The molecule has 0 saturated heterocycles. The Kier molecular flexibility index (Phi) is 13.5. The Balaban J connectivity index is 0.862. The van der Waals surface area contributed by atoms with Gasteiger partial charge in [-0.25, -0.2) is 0 Å². The maximum atomic E-state index is 13.2. The molecule has 3 aliphatic carbocycles. The number of amides is 2. The fourth-order valence-corrected chi connectivity index (χ4v) is 10.2. The van der Waals surface area contributed by atoms with Crippen LogP contribution in [0, 0.1) is 23.2 Å². The minimum Gasteiger partial charge on any atom is -0.508 e. The van der Waals surface area contributed by atoms with Crippen molar-refractivity contribution in [2.75, 3.05) is 6.54 Å². The molecule has 0 spiro atoms. The molecule has 3 aliphatic rings. The molecule has 6 rings (SSSR count). The van der Waals surface area contributed by atoms with Crippen molar-refractivity contribution in [2.24, 2.45) is 23.2 Å². The minimum atomic E-state index is -0.596. The molecular weight excluding hydrogens is 645 g/mol. The molecule has 3 aromatic carbocycles. The van der Waals surface area contributed by atoms with E-state index in [1.165, 1.54) is 62.5 Å². The molecule has 4 N–H and O–H groups in total. The van der Waals surface area contributed by atoms with Crippen LogP contribution in [-0.4, -0.2) is 40.7 Å². The van der Waals surface area contributed by atoms with Crippen LogP contribution < -0.4 is 10.6 Å². The minimum absolute atomic E-state index is 0.0739. The van der Waals surface area contributed by atoms with Crippen molar-refractivity contribution in [1.29, 1.82) is 0 Å². The zero-order valence-corrected chi connectivity index (χ0v) is 31.4. The fourth-order valence-electron chi connectivity index (χ4n) is 10.2. The second-order valence-electron chi connectivity index (χ2n) is 16.5. The van der Waals surface area contributed by atoms with Crippen LogP contribution in [0.2, 0.25) is 0 Å². The van der Waals surface area contributed by atoms with Gasteiger partial charge in [0.05, 0.1) is 12.5 Å². The van der Waals surface area contributed by atoms with Crippen LogP contribution in [0.1, 0.15) is 125 Å². The summed E-state index contributed by atoms with van der Waals surface area (Å²) in [5.74, 6) is 2.63. The number of carbonyl (C=O) groups excluding carboxylic acids is 2. The summed E-state index contributed by atoms with van der Waals surface area (Å²) in [5, 5.41) is 27.3. The van der Waals surface area contributed by atoms with E-state index in [4.69, 9.17) is 0 Å². The molecule has 2 saturated carbocycles. The number of phenols is 1. The van der Waals surface area contributed by atoms with Crippen LogP contribution in [-0.2, 0) is 28.9 Å². The van der Waals surface area contributed by atoms with Crippen LogP contribution in [0.5, 0.6) is 5.75 Å². The predicted molar refractivity (Wildman–Crippen MR) is 209 cm³/mol. The van der Waals surface area contributed by atoms with Crippen molar-refractivity contribution >= 4 is 11.8 Å². The molecule has 7 atom stereocenters. The van der Waals surface area contributed by atoms with E-state index in [0.717, 1.165) is 56.1 Å². The molecule has 0 aliphatic heterocycles. The third kappa shape index (κ3) is 9.66. The molecule has 0 unspecified atom stereocenters. The van der Waals surface area contributed by atoms with Gasteiger partial charge in [0.1, 0.15) is 11.8 Å². The quantitative estimate of drug-likeness (QED) is 0.0994. The summed E-state index contributed by atoms with van der Waals surface area (Å²) in [7, 11) is 0. The maximum absolute atomic E-state index is 13.2. The van der Waals surface area contributed by atoms with E-state index in [-0.39, 0.29) is 29.8 Å². The molecule has 0 bridgehead atoms. The number of benzene rings is 3. The first kappa shape index (κ1) is 38.1. The largest absolute Gasteiger partial charge is 0.508 e. The first-order valence-electron chi connectivity index (χ1n) is 20.5. The van der Waals surface area contributed by atoms with E-state index in [1.807, 2.05) is 72.8 Å². The number of fused-ring (bicyclic) bond motifs is 5. The maximum Gasteiger partial charge on any atom is 0.242 e. The van der Waals surface area contributed by atoms with Gasteiger partial charge in [-0.2, -0.15) is 0 Å². The second kappa shape index (κ2) is 18.4. The first-order chi connectivity index (χ1) is 25.3. The van der Waals surface area contributed by atoms with Gasteiger partial charge in [-0.1, -0.05) is 125 Å². The number of hydrogen-bond donors (Lipinski definition) is 4. The summed E-state index contributed by atoms with van der Waals surface area (Å²) in [6.07, 6.45) is 18.1. The smallest absolute Gasteiger partial charge is 0.242 e. The van der Waals surface area contributed by atoms with Gasteiger partial charge in [-0.3, -0.25) is 9.59 Å². The van der Waals surface area contributed by atoms with Crippen molar-refractivity contribution in [1.82, 2.24) is 10.6 Å². The van der Waals surface area contributed by atoms with Gasteiger partial charge in [-0.15, -0.1) is 0 Å². The summed E-state index contributed by atoms with van der Waals surface area (Å²) in [6.45, 7) is 2.99. The van der Waals surface area contributed by atoms with E-state index in [2.05, 4.69) is 23.6 Å². The number of aromatic hydroxyl groups is 1. The van der Waals surface area contributed by atoms with Crippen LogP contribution in [0.3, 0.4) is 0 Å². The predicted octanol–water partition coefficient (Wildman–Crippen LogP) is 8.82. The highest BCUT2D eigenvalue weighted by Crippen LogP contribution is 2.62. The van der Waals surface area contributed by atoms with Gasteiger partial charge in [0.15, 0.2) is 0 Å². The Bertz CT molecular complexity index is 1580. The third-order valence-electron chi connectivity index (χ3n) is 13.0. The van der Waals surface area contributed by atoms with Gasteiger partial charge in [-0.05, 0) is 108 Å². The van der Waals surface area contributed by atoms with Crippen LogP contribution in [0.15, 0.2) is 78.9 Å². The molecule has 52 heavy (non-hydrogen) atoms. The Morgan fingerprint density at radius 3 is 2.17 bits per heavy atom. The number of unbranched alkanes of at least 4 members (excludes halogenated alkanes) is 8. The molecule has 0 radical (unpaired) electrons. The highest BCUT2D eigenvalue weighted by Gasteiger charge is 2.56. The van der Waals surface area contributed by atoms with Gasteiger partial charge in [0.25, 0.3) is 0 Å². The summed E-state index contributed by atoms with van der Waals surface area (Å²) < 4.78 is 0. The lowest BCUT2D eigenvalue weighted by atomic mass is 9.52. The molecule has 6 nitrogen and oxygen atoms in total. The Hall–Kier alpha value is -3.64. The molecular formula is C46H62N2O4. The summed E-state index contributed by atoms with van der Waals surface area (Å²) in [6, 6.07) is 25.0. The third-order valence-corrected chi connectivity index (χ3v) is 13.0. The highest BCUT2D eigenvalue weighted by atomic mass is 16.3. The average molecular weight is 707 g/mol. The molecule has 2 fully saturated rings. The lowest BCUT2D eigenvalue weighted by Gasteiger charge is -2.53. The Morgan fingerprint density at radius 2 is 1.46 bits per heavy atom. The average Bonchev–Trinajstić information content (AvgIpc) is 3.45. The van der Waals surface area contributed by atoms with Crippen LogP contribution in [0.4, 0.5) is 0 Å². The zero-order chi connectivity index (χ0) is 36.3. The van der Waals surface area contributed by atoms with E-state index in [9.17, 15) is 19.8 Å². The number of aliphatic hydroxyl groups is 1. The zero-order valence-electron chi connectivity index (χ0n) is 31.4. The monoisotopic (exact) mass is 706 g/mol. The first-order valence-corrected chi connectivity index (χ1v) is 20.5. The highest BCUT2D eigenvalue weighted by molar-refractivity contribution is 5.88. The molecule has 3 aromatic rings. The van der Waals surface area contributed by atoms with E-state index >= 15 is 0 Å². The number of aliphatic hydroxyl groups excluding tert-OH is 1. The van der Waals surface area contributed by atoms with E-state index in [1.54, 1.807) is 0 Å². The summed E-state index contributed by atoms with van der Waals surface area (Å²) in [4.78, 5) is 26.0. The van der Waals surface area contributed by atoms with Crippen molar-refractivity contribution in [3.05, 3.63) is 101 Å². The van der Waals surface area contributed by atoms with Gasteiger partial charge >= 0.3 is 0 Å². The topological polar surface area (TPSA) is 98.7 Å². The molecule has 0 heterocycles. The Labute approximate surface area is 312 Å². The van der Waals surface area contributed by atoms with Crippen LogP contribution >= 0.6 is 0 Å². The van der Waals surface area contributed by atoms with Crippen molar-refractivity contribution < 1.29 is 19.8 Å². The van der Waals surface area contributed by atoms with Crippen molar-refractivity contribution in [2.45, 2.75) is 134 Å². The standard InChI is InChI=1S/C46H62N2O4/c1-46-27-26-39-38-23-22-37(49)32-36(38)31-35(44(39)40(46)24-25-42(46)50)21-15-7-5-3-2-4-6-8-16-28-47-45(52)41(29-33-17-11-9-12-18-33)48-43(51)30-34-19-13-10-14-20-34/h9-14,17-20,22-23,32,35,39-42,44,49-50H,2-8,15-16,21,24-31H2,1H3,(H,47,52)(H,48,51)/t35-,39-,40+,41+,42+,44-,46+/m1/s1. The number of rotatable bonds is 18. The molecule has 2 amide bonds. The van der Waals surface area contributed by atoms with Crippen molar-refractivity contribution in [3.63, 3.8) is 0 Å². The number of carbonyl (C=O) groups is 2. The normalized spacial score (nSPS) is 25.4. The summed E-state index contributed by atoms with van der Waals surface area (Å²) in [5.41, 5.74) is 4.87. The van der Waals surface area contributed by atoms with Gasteiger partial charge < -0.3 is 20.8 Å². The lowest BCUT2D eigenvalue weighted by molar-refractivity contribution is -0.128. The lowest BCUT2D eigenvalue weighted by Crippen LogP contribution is -2.48. The molecule has 0 aromatic heterocycles. The fraction of sp³-hybridized carbons (Fsp3) is 0.565. The second-order valence-corrected chi connectivity index (χ2v) is 16.5. The SMILES string of the molecule is C[C@]12CC[C@@H]3c4ccc(O)cc4C[C@@H](CCCCCCCCCCCNC(=O)[C@H](Cc4ccccc4)NC(=O)Cc4ccccc4)[C@H]3[C@@H]1CC[C@@H]2O. The number of nitrogens with one attached hydrogen (secondary N) is 2. The van der Waals surface area contributed by atoms with E-state index < -0.39 is 6.04 Å². The number of hydrogen-bond acceptors (Lipinski definition) is 4. The van der Waals surface area contributed by atoms with E-state index in [0.29, 0.717) is 42.4 Å². The van der Waals surface area contributed by atoms with Gasteiger partial charge in [0, 0.05) is 13.0 Å². The van der Waals surface area contributed by atoms with Crippen molar-refractivity contribution in [3.8, 4) is 5.75 Å². The summed E-state index contributed by atoms with van der Waals surface area (Å²) >= 11 is 0. The van der Waals surface area contributed by atoms with Gasteiger partial charge in [0.2, 0.25) is 11.8 Å². The number of phenolic OH excluding ortho intramolecular Hbond substituents is 1.